The van der Waals surface area contributed by atoms with Gasteiger partial charge in [-0.3, -0.25) is 25.4 Å². The van der Waals surface area contributed by atoms with Gasteiger partial charge in [-0.1, -0.05) is 0 Å². The van der Waals surface area contributed by atoms with Crippen LogP contribution in [0.25, 0.3) is 0 Å². The Balaban J connectivity index is 1.69. The van der Waals surface area contributed by atoms with Gasteiger partial charge in [0.1, 0.15) is 12.3 Å². The summed E-state index contributed by atoms with van der Waals surface area (Å²) in [4.78, 5) is 39.3. The first-order valence-corrected chi connectivity index (χ1v) is 9.20. The molecule has 3 heterocycles. The van der Waals surface area contributed by atoms with Crippen LogP contribution in [0, 0.1) is 5.41 Å². The largest absolute Gasteiger partial charge is 0.390 e. The zero-order chi connectivity index (χ0) is 16.8. The summed E-state index contributed by atoms with van der Waals surface area (Å²) in [6, 6.07) is -0.846. The van der Waals surface area contributed by atoms with Crippen molar-refractivity contribution in [3.8, 4) is 0 Å². The van der Waals surface area contributed by atoms with Crippen LogP contribution in [0.3, 0.4) is 0 Å². The summed E-state index contributed by atoms with van der Waals surface area (Å²) in [6.07, 6.45) is -0.872. The van der Waals surface area contributed by atoms with Crippen LogP contribution >= 0.6 is 6.72 Å². The molecule has 1 saturated heterocycles. The molecule has 0 saturated carbocycles. The maximum atomic E-state index is 11.7. The smallest absolute Gasteiger partial charge is 0.321 e. The highest BCUT2D eigenvalue weighted by Gasteiger charge is 2.44. The van der Waals surface area contributed by atoms with Crippen LogP contribution in [0.15, 0.2) is 9.98 Å². The van der Waals surface area contributed by atoms with E-state index in [0.717, 1.165) is 0 Å². The third-order valence-electron chi connectivity index (χ3n) is 3.49. The van der Waals surface area contributed by atoms with Gasteiger partial charge in [-0.05, 0) is 11.8 Å². The Labute approximate surface area is 135 Å². The summed E-state index contributed by atoms with van der Waals surface area (Å²) >= 11 is 4.34. The number of hydrogen-bond acceptors (Lipinski definition) is 8. The van der Waals surface area contributed by atoms with E-state index in [1.54, 1.807) is 0 Å². The van der Waals surface area contributed by atoms with E-state index < -0.39 is 37.1 Å². The van der Waals surface area contributed by atoms with Crippen molar-refractivity contribution in [1.82, 2.24) is 10.2 Å². The molecule has 1 unspecified atom stereocenters. The monoisotopic (exact) mass is 363 g/mol. The molecule has 5 N–H and O–H groups in total. The van der Waals surface area contributed by atoms with E-state index in [1.807, 2.05) is 0 Å². The Kier molecular flexibility index (Phi) is 4.31. The SMILES string of the molecule is N=C1N=C2C(N=CN2[C@H]2C[C@H](O)[C@@H](COP(O)(O)=S)O2)C(=O)N1. The van der Waals surface area contributed by atoms with Crippen LogP contribution in [-0.2, 0) is 25.9 Å². The third-order valence-corrected chi connectivity index (χ3v) is 4.29. The fourth-order valence-electron chi connectivity index (χ4n) is 2.47. The van der Waals surface area contributed by atoms with Gasteiger partial charge in [0.25, 0.3) is 5.91 Å². The Bertz CT molecular complexity index is 650. The average Bonchev–Trinajstić information content (AvgIpc) is 2.99. The van der Waals surface area contributed by atoms with E-state index in [1.165, 1.54) is 11.2 Å². The number of rotatable bonds is 4. The molecule has 1 fully saturated rings. The minimum absolute atomic E-state index is 0.167. The number of hydrogen-bond donors (Lipinski definition) is 5. The van der Waals surface area contributed by atoms with Crippen molar-refractivity contribution < 1.29 is 28.9 Å². The summed E-state index contributed by atoms with van der Waals surface area (Å²) in [7, 11) is 0. The molecule has 0 aromatic carbocycles. The first-order valence-electron chi connectivity index (χ1n) is 6.58. The Morgan fingerprint density at radius 1 is 1.61 bits per heavy atom. The lowest BCUT2D eigenvalue weighted by atomic mass is 10.1. The van der Waals surface area contributed by atoms with E-state index in [2.05, 4.69) is 27.1 Å². The summed E-state index contributed by atoms with van der Waals surface area (Å²) in [6.45, 7) is -4.11. The van der Waals surface area contributed by atoms with Gasteiger partial charge in [0.15, 0.2) is 11.9 Å². The second kappa shape index (κ2) is 5.98. The number of amidine groups is 1. The molecule has 0 aliphatic carbocycles. The van der Waals surface area contributed by atoms with Crippen molar-refractivity contribution in [3.05, 3.63) is 0 Å². The van der Waals surface area contributed by atoms with Gasteiger partial charge in [0.2, 0.25) is 5.96 Å². The molecular formula is C10H14N5O6PS. The number of ether oxygens (including phenoxy) is 1. The zero-order valence-electron chi connectivity index (χ0n) is 11.6. The lowest BCUT2D eigenvalue weighted by Gasteiger charge is -2.26. The van der Waals surface area contributed by atoms with Crippen molar-refractivity contribution in [2.75, 3.05) is 6.61 Å². The lowest BCUT2D eigenvalue weighted by Crippen LogP contribution is -2.50. The highest BCUT2D eigenvalue weighted by atomic mass is 32.5. The summed E-state index contributed by atoms with van der Waals surface area (Å²) in [5, 5.41) is 19.7. The Morgan fingerprint density at radius 3 is 3.04 bits per heavy atom. The van der Waals surface area contributed by atoms with Gasteiger partial charge in [-0.15, -0.1) is 0 Å². The lowest BCUT2D eigenvalue weighted by molar-refractivity contribution is -0.119. The molecule has 3 rings (SSSR count). The molecule has 126 valence electrons. The molecular weight excluding hydrogens is 349 g/mol. The van der Waals surface area contributed by atoms with E-state index in [-0.39, 0.29) is 24.8 Å². The molecule has 4 atom stereocenters. The van der Waals surface area contributed by atoms with Crippen LogP contribution < -0.4 is 5.32 Å². The quantitative estimate of drug-likeness (QED) is 0.354. The molecule has 0 radical (unpaired) electrons. The van der Waals surface area contributed by atoms with Gasteiger partial charge in [0, 0.05) is 6.42 Å². The number of guanidine groups is 1. The van der Waals surface area contributed by atoms with Crippen molar-refractivity contribution in [2.45, 2.75) is 30.9 Å². The van der Waals surface area contributed by atoms with E-state index >= 15 is 0 Å². The van der Waals surface area contributed by atoms with Crippen LogP contribution in [0.4, 0.5) is 0 Å². The maximum absolute atomic E-state index is 11.7. The number of nitrogens with zero attached hydrogens (tertiary/aromatic N) is 3. The standard InChI is InChI=1S/C10H14N5O6PS/c11-10-13-8-7(9(17)14-10)12-3-15(8)6-1-4(16)5(21-6)2-20-22(18,19)23/h3-7,16H,1-2H2,(H2,11,14,17)(H2,18,19,23)/t4-,5+,6+,7?/m0/s1. The molecule has 0 spiro atoms. The molecule has 13 heteroatoms. The first kappa shape index (κ1) is 16.6. The van der Waals surface area contributed by atoms with Crippen molar-refractivity contribution >= 4 is 42.6 Å². The van der Waals surface area contributed by atoms with Crippen LogP contribution in [0.2, 0.25) is 0 Å². The van der Waals surface area contributed by atoms with Crippen LogP contribution in [0.1, 0.15) is 6.42 Å². The van der Waals surface area contributed by atoms with Gasteiger partial charge < -0.3 is 24.2 Å². The van der Waals surface area contributed by atoms with Crippen molar-refractivity contribution in [1.29, 1.82) is 5.41 Å². The first-order chi connectivity index (χ1) is 10.7. The van der Waals surface area contributed by atoms with Gasteiger partial charge in [-0.2, -0.15) is 4.99 Å². The normalized spacial score (nSPS) is 33.7. The Hall–Kier alpha value is -1.27. The summed E-state index contributed by atoms with van der Waals surface area (Å²) in [5.41, 5.74) is 0. The minimum atomic E-state index is -3.83. The molecule has 3 aliphatic rings. The molecule has 1 amide bonds. The predicted octanol–water partition coefficient (Wildman–Crippen LogP) is -2.14. The number of carbonyl (C=O) groups is 1. The number of aliphatic hydroxyl groups is 1. The molecule has 23 heavy (non-hydrogen) atoms. The van der Waals surface area contributed by atoms with Crippen LogP contribution in [-0.4, -0.2) is 74.9 Å². The zero-order valence-corrected chi connectivity index (χ0v) is 13.3. The van der Waals surface area contributed by atoms with Crippen LogP contribution in [0.5, 0.6) is 0 Å². The molecule has 0 bridgehead atoms. The summed E-state index contributed by atoms with van der Waals surface area (Å²) in [5.74, 6) is -0.512. The molecule has 0 aromatic heterocycles. The number of carbonyl (C=O) groups excluding carboxylic acids is 1. The Morgan fingerprint density at radius 2 is 2.35 bits per heavy atom. The number of fused-ring (bicyclic) bond motifs is 1. The fourth-order valence-corrected chi connectivity index (χ4v) is 2.99. The number of aliphatic hydroxyl groups excluding tert-OH is 1. The van der Waals surface area contributed by atoms with Gasteiger partial charge >= 0.3 is 6.72 Å². The van der Waals surface area contributed by atoms with E-state index in [9.17, 15) is 9.90 Å². The number of nitrogens with one attached hydrogen (secondary N) is 2. The molecule has 11 nitrogen and oxygen atoms in total. The molecule has 3 aliphatic heterocycles. The average molecular weight is 363 g/mol. The summed E-state index contributed by atoms with van der Waals surface area (Å²) < 4.78 is 10.3. The second-order valence-corrected chi connectivity index (χ2v) is 7.77. The highest BCUT2D eigenvalue weighted by molar-refractivity contribution is 8.06. The highest BCUT2D eigenvalue weighted by Crippen LogP contribution is 2.38. The second-order valence-electron chi connectivity index (χ2n) is 5.10. The third kappa shape index (κ3) is 3.48. The predicted molar refractivity (Wildman–Crippen MR) is 81.4 cm³/mol. The van der Waals surface area contributed by atoms with Crippen molar-refractivity contribution in [3.63, 3.8) is 0 Å². The van der Waals surface area contributed by atoms with Gasteiger partial charge in [0.05, 0.1) is 19.0 Å². The maximum Gasteiger partial charge on any atom is 0.321 e. The van der Waals surface area contributed by atoms with E-state index in [4.69, 9.17) is 24.5 Å². The molecule has 0 aromatic rings. The number of amides is 1. The fraction of sp³-hybridized carbons (Fsp3) is 0.600. The van der Waals surface area contributed by atoms with E-state index in [0.29, 0.717) is 0 Å². The number of aliphatic imine (C=N–C) groups is 2. The van der Waals surface area contributed by atoms with Gasteiger partial charge in [-0.25, -0.2) is 0 Å². The topological polar surface area (TPSA) is 160 Å². The van der Waals surface area contributed by atoms with Crippen molar-refractivity contribution in [2.24, 2.45) is 9.98 Å². The minimum Gasteiger partial charge on any atom is -0.390 e.